The molecule has 0 spiro atoms. The molecule has 0 radical (unpaired) electrons. The minimum Gasteiger partial charge on any atom is -0.450 e. The third kappa shape index (κ3) is 6.07. The van der Waals surface area contributed by atoms with Gasteiger partial charge in [0.05, 0.1) is 18.8 Å². The van der Waals surface area contributed by atoms with E-state index in [-0.39, 0.29) is 31.4 Å². The summed E-state index contributed by atoms with van der Waals surface area (Å²) in [5.41, 5.74) is 0. The minimum absolute atomic E-state index is 0.163. The van der Waals surface area contributed by atoms with Crippen LogP contribution in [0.2, 0.25) is 0 Å². The molecule has 2 fully saturated rings. The van der Waals surface area contributed by atoms with Crippen LogP contribution in [0.3, 0.4) is 0 Å². The van der Waals surface area contributed by atoms with Crippen molar-refractivity contribution in [3.8, 4) is 0 Å². The van der Waals surface area contributed by atoms with Crippen LogP contribution in [0.15, 0.2) is 0 Å². The summed E-state index contributed by atoms with van der Waals surface area (Å²) >= 11 is 0. The molecule has 2 saturated heterocycles. The zero-order chi connectivity index (χ0) is 18.4. The highest BCUT2D eigenvalue weighted by Gasteiger charge is 2.29. The zero-order valence-electron chi connectivity index (χ0n) is 15.3. The second-order valence-electron chi connectivity index (χ2n) is 6.50. The first-order valence-electron chi connectivity index (χ1n) is 8.86. The number of rotatable bonds is 6. The highest BCUT2D eigenvalue weighted by Crippen LogP contribution is 2.10. The molecule has 2 atom stereocenters. The summed E-state index contributed by atoms with van der Waals surface area (Å²) < 4.78 is 39.4. The van der Waals surface area contributed by atoms with Crippen LogP contribution in [0.1, 0.15) is 20.8 Å². The maximum atomic E-state index is 12.4. The second-order valence-corrected chi connectivity index (χ2v) is 8.26. The van der Waals surface area contributed by atoms with Gasteiger partial charge in [-0.1, -0.05) is 0 Å². The number of ether oxygens (including phenoxy) is 2. The van der Waals surface area contributed by atoms with E-state index in [0.29, 0.717) is 32.8 Å². The van der Waals surface area contributed by atoms with Gasteiger partial charge in [-0.15, -0.1) is 0 Å². The maximum absolute atomic E-state index is 12.4. The first-order chi connectivity index (χ1) is 11.8. The molecule has 2 unspecified atom stereocenters. The number of morpholine rings is 1. The molecular formula is C15H30N4O5S. The Labute approximate surface area is 150 Å². The summed E-state index contributed by atoms with van der Waals surface area (Å²) in [7, 11) is -3.53. The Kier molecular flexibility index (Phi) is 7.44. The Hall–Kier alpha value is -0.940. The van der Waals surface area contributed by atoms with E-state index >= 15 is 0 Å². The predicted molar refractivity (Wildman–Crippen MR) is 93.5 cm³/mol. The number of hydrogen-bond acceptors (Lipinski definition) is 6. The van der Waals surface area contributed by atoms with Crippen LogP contribution >= 0.6 is 0 Å². The fourth-order valence-corrected chi connectivity index (χ4v) is 4.39. The molecule has 1 N–H and O–H groups in total. The molecule has 2 rings (SSSR count). The molecule has 0 aromatic rings. The van der Waals surface area contributed by atoms with E-state index in [2.05, 4.69) is 9.62 Å². The molecule has 2 heterocycles. The Morgan fingerprint density at radius 3 is 2.32 bits per heavy atom. The summed E-state index contributed by atoms with van der Waals surface area (Å²) in [5, 5.41) is 0. The van der Waals surface area contributed by atoms with E-state index < -0.39 is 10.2 Å². The van der Waals surface area contributed by atoms with Crippen LogP contribution in [0.5, 0.6) is 0 Å². The summed E-state index contributed by atoms with van der Waals surface area (Å²) in [5.74, 6) is 0. The lowest BCUT2D eigenvalue weighted by molar-refractivity contribution is -0.0671. The molecule has 2 aliphatic heterocycles. The van der Waals surface area contributed by atoms with Gasteiger partial charge in [-0.2, -0.15) is 12.7 Å². The first-order valence-corrected chi connectivity index (χ1v) is 10.3. The van der Waals surface area contributed by atoms with Gasteiger partial charge < -0.3 is 14.4 Å². The normalized spacial score (nSPS) is 26.6. The number of carbonyl (C=O) groups excluding carboxylic acids is 1. The number of carbonyl (C=O) groups is 1. The van der Waals surface area contributed by atoms with Crippen molar-refractivity contribution in [2.45, 2.75) is 33.0 Å². The molecule has 0 aromatic heterocycles. The van der Waals surface area contributed by atoms with Gasteiger partial charge in [0, 0.05) is 52.4 Å². The second kappa shape index (κ2) is 9.13. The van der Waals surface area contributed by atoms with E-state index in [9.17, 15) is 13.2 Å². The van der Waals surface area contributed by atoms with Crippen LogP contribution in [-0.4, -0.2) is 99.8 Å². The van der Waals surface area contributed by atoms with Crippen molar-refractivity contribution in [3.63, 3.8) is 0 Å². The van der Waals surface area contributed by atoms with Crippen molar-refractivity contribution in [1.29, 1.82) is 0 Å². The molecule has 146 valence electrons. The Bertz CT molecular complexity index is 526. The van der Waals surface area contributed by atoms with Crippen molar-refractivity contribution < 1.29 is 22.7 Å². The fraction of sp³-hybridized carbons (Fsp3) is 0.933. The van der Waals surface area contributed by atoms with E-state index in [0.717, 1.165) is 13.1 Å². The Balaban J connectivity index is 1.74. The number of nitrogens with zero attached hydrogens (tertiary/aromatic N) is 3. The predicted octanol–water partition coefficient (Wildman–Crippen LogP) is -0.296. The molecule has 1 amide bonds. The lowest BCUT2D eigenvalue weighted by Crippen LogP contribution is -2.54. The van der Waals surface area contributed by atoms with Gasteiger partial charge in [-0.25, -0.2) is 9.52 Å². The van der Waals surface area contributed by atoms with E-state index in [1.54, 1.807) is 6.92 Å². The Morgan fingerprint density at radius 2 is 1.76 bits per heavy atom. The highest BCUT2D eigenvalue weighted by molar-refractivity contribution is 7.87. The van der Waals surface area contributed by atoms with Crippen LogP contribution in [0, 0.1) is 0 Å². The molecule has 10 heteroatoms. The van der Waals surface area contributed by atoms with Crippen molar-refractivity contribution >= 4 is 16.3 Å². The number of nitrogens with one attached hydrogen (secondary N) is 1. The molecule has 0 aromatic carbocycles. The minimum atomic E-state index is -3.53. The first kappa shape index (κ1) is 20.4. The average molecular weight is 378 g/mol. The topological polar surface area (TPSA) is 91.4 Å². The van der Waals surface area contributed by atoms with Crippen molar-refractivity contribution in [1.82, 2.24) is 18.8 Å². The van der Waals surface area contributed by atoms with Gasteiger partial charge in [0.1, 0.15) is 0 Å². The van der Waals surface area contributed by atoms with Crippen molar-refractivity contribution in [2.24, 2.45) is 0 Å². The molecule has 2 aliphatic rings. The smallest absolute Gasteiger partial charge is 0.409 e. The number of piperazine rings is 1. The Morgan fingerprint density at radius 1 is 1.16 bits per heavy atom. The summed E-state index contributed by atoms with van der Waals surface area (Å²) in [6, 6.07) is 0. The fourth-order valence-electron chi connectivity index (χ4n) is 3.22. The van der Waals surface area contributed by atoms with Gasteiger partial charge >= 0.3 is 6.09 Å². The van der Waals surface area contributed by atoms with E-state index in [4.69, 9.17) is 9.47 Å². The van der Waals surface area contributed by atoms with Crippen molar-refractivity contribution in [2.75, 3.05) is 59.0 Å². The standard InChI is InChI=1S/C15H30N4O5S/c1-4-23-15(20)18-7-9-19(10-8-18)25(21,22)16-5-6-17-11-13(2)24-14(3)12-17/h13-14,16H,4-12H2,1-3H3. The molecule has 9 nitrogen and oxygen atoms in total. The number of hydrogen-bond donors (Lipinski definition) is 1. The number of amides is 1. The SMILES string of the molecule is CCOC(=O)N1CCN(S(=O)(=O)NCCN2CC(C)OC(C)C2)CC1. The molecule has 0 saturated carbocycles. The van der Waals surface area contributed by atoms with Gasteiger partial charge in [-0.05, 0) is 20.8 Å². The molecule has 0 aliphatic carbocycles. The van der Waals surface area contributed by atoms with Crippen LogP contribution in [-0.2, 0) is 19.7 Å². The third-order valence-electron chi connectivity index (χ3n) is 4.31. The van der Waals surface area contributed by atoms with Crippen molar-refractivity contribution in [3.05, 3.63) is 0 Å². The van der Waals surface area contributed by atoms with Crippen LogP contribution in [0.25, 0.3) is 0 Å². The van der Waals surface area contributed by atoms with Crippen LogP contribution < -0.4 is 4.72 Å². The quantitative estimate of drug-likeness (QED) is 0.683. The molecular weight excluding hydrogens is 348 g/mol. The summed E-state index contributed by atoms with van der Waals surface area (Å²) in [6.45, 7) is 9.99. The third-order valence-corrected chi connectivity index (χ3v) is 5.93. The van der Waals surface area contributed by atoms with E-state index in [1.807, 2.05) is 13.8 Å². The van der Waals surface area contributed by atoms with E-state index in [1.165, 1.54) is 9.21 Å². The maximum Gasteiger partial charge on any atom is 0.409 e. The lowest BCUT2D eigenvalue weighted by atomic mass is 10.2. The lowest BCUT2D eigenvalue weighted by Gasteiger charge is -2.36. The molecule has 25 heavy (non-hydrogen) atoms. The average Bonchev–Trinajstić information content (AvgIpc) is 2.54. The summed E-state index contributed by atoms with van der Waals surface area (Å²) in [6.07, 6.45) is -0.0595. The van der Waals surface area contributed by atoms with Crippen LogP contribution in [0.4, 0.5) is 4.79 Å². The monoisotopic (exact) mass is 378 g/mol. The largest absolute Gasteiger partial charge is 0.450 e. The molecule has 0 bridgehead atoms. The van der Waals surface area contributed by atoms with Gasteiger partial charge in [0.25, 0.3) is 10.2 Å². The van der Waals surface area contributed by atoms with Gasteiger partial charge in [0.15, 0.2) is 0 Å². The summed E-state index contributed by atoms with van der Waals surface area (Å²) in [4.78, 5) is 15.4. The zero-order valence-corrected chi connectivity index (χ0v) is 16.1. The van der Waals surface area contributed by atoms with Gasteiger partial charge in [0.2, 0.25) is 0 Å². The highest BCUT2D eigenvalue weighted by atomic mass is 32.2. The van der Waals surface area contributed by atoms with Gasteiger partial charge in [-0.3, -0.25) is 4.90 Å².